The molecule has 3 aromatic rings. The van der Waals surface area contributed by atoms with Gasteiger partial charge in [-0.1, -0.05) is 44.0 Å². The first-order valence-electron chi connectivity index (χ1n) is 10.00. The molecular weight excluding hydrogens is 362 g/mol. The number of rotatable bonds is 9. The number of nitrogens with two attached hydrogens (primary N) is 1. The molecule has 0 spiro atoms. The highest BCUT2D eigenvalue weighted by Gasteiger charge is 2.09. The first-order valence-corrected chi connectivity index (χ1v) is 10.00. The molecule has 5 nitrogen and oxygen atoms in total. The molecule has 1 aromatic heterocycles. The molecule has 0 fully saturated rings. The summed E-state index contributed by atoms with van der Waals surface area (Å²) in [5.41, 5.74) is 8.39. The summed E-state index contributed by atoms with van der Waals surface area (Å²) >= 11 is 0. The lowest BCUT2D eigenvalue weighted by Crippen LogP contribution is -2.24. The summed E-state index contributed by atoms with van der Waals surface area (Å²) in [4.78, 5) is 16.2. The van der Waals surface area contributed by atoms with Gasteiger partial charge >= 0.3 is 0 Å². The Morgan fingerprint density at radius 3 is 2.59 bits per heavy atom. The molecule has 29 heavy (non-hydrogen) atoms. The van der Waals surface area contributed by atoms with Crippen LogP contribution in [-0.2, 0) is 13.0 Å². The molecule has 0 aliphatic heterocycles. The van der Waals surface area contributed by atoms with Crippen LogP contribution in [0.4, 0.5) is 5.82 Å². The number of carbonyl (C=O) groups is 1. The number of pyridine rings is 1. The number of nitrogens with zero attached hydrogens (tertiary/aromatic N) is 1. The molecule has 0 aliphatic rings. The highest BCUT2D eigenvalue weighted by molar-refractivity contribution is 5.98. The molecule has 0 bridgehead atoms. The van der Waals surface area contributed by atoms with Gasteiger partial charge in [0.05, 0.1) is 5.56 Å². The fourth-order valence-corrected chi connectivity index (χ4v) is 3.04. The van der Waals surface area contributed by atoms with E-state index in [2.05, 4.69) is 29.4 Å². The zero-order chi connectivity index (χ0) is 20.5. The lowest BCUT2D eigenvalue weighted by atomic mass is 10.1. The standard InChI is InChI=1S/C24H27N3O2/c1-2-3-4-7-18-8-5-9-21(16-18)29-20-13-11-19(12-14-20)17-27-24(28)22-10-6-15-26-23(22)25/h5-6,8-16H,2-4,7,17H2,1H3,(H2,25,26)(H,27,28). The Bertz CT molecular complexity index is 939. The molecule has 0 atom stereocenters. The predicted molar refractivity (Wildman–Crippen MR) is 116 cm³/mol. The SMILES string of the molecule is CCCCCc1cccc(Oc2ccc(CNC(=O)c3cccnc3N)cc2)c1. The zero-order valence-corrected chi connectivity index (χ0v) is 16.7. The van der Waals surface area contributed by atoms with Crippen LogP contribution in [-0.4, -0.2) is 10.9 Å². The highest BCUT2D eigenvalue weighted by Crippen LogP contribution is 2.23. The van der Waals surface area contributed by atoms with Crippen LogP contribution in [0.2, 0.25) is 0 Å². The van der Waals surface area contributed by atoms with Gasteiger partial charge in [-0.25, -0.2) is 4.98 Å². The van der Waals surface area contributed by atoms with Gasteiger partial charge in [0.1, 0.15) is 17.3 Å². The van der Waals surface area contributed by atoms with Crippen molar-refractivity contribution < 1.29 is 9.53 Å². The smallest absolute Gasteiger partial charge is 0.255 e. The van der Waals surface area contributed by atoms with E-state index in [-0.39, 0.29) is 11.7 Å². The normalized spacial score (nSPS) is 10.5. The van der Waals surface area contributed by atoms with Gasteiger partial charge in [-0.15, -0.1) is 0 Å². The van der Waals surface area contributed by atoms with E-state index in [9.17, 15) is 4.79 Å². The number of hydrogen-bond acceptors (Lipinski definition) is 4. The molecule has 2 aromatic carbocycles. The van der Waals surface area contributed by atoms with Gasteiger partial charge < -0.3 is 15.8 Å². The van der Waals surface area contributed by atoms with Crippen LogP contribution in [0.3, 0.4) is 0 Å². The summed E-state index contributed by atoms with van der Waals surface area (Å²) < 4.78 is 5.98. The molecule has 0 radical (unpaired) electrons. The molecule has 0 unspecified atom stereocenters. The van der Waals surface area contributed by atoms with Crippen LogP contribution in [0.1, 0.15) is 47.7 Å². The number of anilines is 1. The van der Waals surface area contributed by atoms with Crippen molar-refractivity contribution in [1.82, 2.24) is 10.3 Å². The minimum absolute atomic E-state index is 0.227. The van der Waals surface area contributed by atoms with Crippen LogP contribution < -0.4 is 15.8 Å². The number of nitrogens with one attached hydrogen (secondary N) is 1. The molecule has 3 N–H and O–H groups in total. The van der Waals surface area contributed by atoms with Crippen molar-refractivity contribution in [3.8, 4) is 11.5 Å². The van der Waals surface area contributed by atoms with Crippen molar-refractivity contribution in [1.29, 1.82) is 0 Å². The second-order valence-corrected chi connectivity index (χ2v) is 6.97. The summed E-state index contributed by atoms with van der Waals surface area (Å²) in [5, 5.41) is 2.86. The van der Waals surface area contributed by atoms with Gasteiger partial charge in [-0.05, 0) is 60.4 Å². The molecule has 1 heterocycles. The number of carbonyl (C=O) groups excluding carboxylic acids is 1. The maximum Gasteiger partial charge on any atom is 0.255 e. The van der Waals surface area contributed by atoms with Crippen LogP contribution >= 0.6 is 0 Å². The highest BCUT2D eigenvalue weighted by atomic mass is 16.5. The molecule has 0 saturated heterocycles. The van der Waals surface area contributed by atoms with Crippen molar-refractivity contribution in [3.05, 3.63) is 83.6 Å². The van der Waals surface area contributed by atoms with Crippen molar-refractivity contribution >= 4 is 11.7 Å². The van der Waals surface area contributed by atoms with Gasteiger partial charge in [0, 0.05) is 12.7 Å². The van der Waals surface area contributed by atoms with E-state index < -0.39 is 0 Å². The van der Waals surface area contributed by atoms with Crippen molar-refractivity contribution in [2.24, 2.45) is 0 Å². The van der Waals surface area contributed by atoms with E-state index in [1.165, 1.54) is 24.8 Å². The van der Waals surface area contributed by atoms with E-state index in [1.54, 1.807) is 18.3 Å². The molecule has 5 heteroatoms. The zero-order valence-electron chi connectivity index (χ0n) is 16.7. The van der Waals surface area contributed by atoms with E-state index in [0.717, 1.165) is 23.5 Å². The summed E-state index contributed by atoms with van der Waals surface area (Å²) in [6.45, 7) is 2.61. The Morgan fingerprint density at radius 1 is 1.00 bits per heavy atom. The molecule has 0 saturated carbocycles. The Balaban J connectivity index is 1.54. The average Bonchev–Trinajstić information content (AvgIpc) is 2.74. The number of hydrogen-bond donors (Lipinski definition) is 2. The summed E-state index contributed by atoms with van der Waals surface area (Å²) in [7, 11) is 0. The van der Waals surface area contributed by atoms with E-state index in [4.69, 9.17) is 10.5 Å². The Labute approximate surface area is 171 Å². The van der Waals surface area contributed by atoms with Gasteiger partial charge in [0.2, 0.25) is 0 Å². The fourth-order valence-electron chi connectivity index (χ4n) is 3.04. The number of amides is 1. The summed E-state index contributed by atoms with van der Waals surface area (Å²) in [5.74, 6) is 1.59. The van der Waals surface area contributed by atoms with E-state index in [1.807, 2.05) is 36.4 Å². The second kappa shape index (κ2) is 10.3. The first-order chi connectivity index (χ1) is 14.2. The minimum Gasteiger partial charge on any atom is -0.457 e. The topological polar surface area (TPSA) is 77.2 Å². The van der Waals surface area contributed by atoms with Gasteiger partial charge in [-0.3, -0.25) is 4.79 Å². The van der Waals surface area contributed by atoms with Crippen LogP contribution in [0, 0.1) is 0 Å². The minimum atomic E-state index is -0.240. The Hall–Kier alpha value is -3.34. The third-order valence-corrected chi connectivity index (χ3v) is 4.66. The van der Waals surface area contributed by atoms with Gasteiger partial charge in [0.15, 0.2) is 0 Å². The molecule has 3 rings (SSSR count). The number of nitrogen functional groups attached to an aromatic ring is 1. The lowest BCUT2D eigenvalue weighted by Gasteiger charge is -2.10. The van der Waals surface area contributed by atoms with Crippen LogP contribution in [0.15, 0.2) is 66.9 Å². The maximum atomic E-state index is 12.2. The average molecular weight is 389 g/mol. The number of unbranched alkanes of at least 4 members (excludes halogenated alkanes) is 2. The quantitative estimate of drug-likeness (QED) is 0.498. The van der Waals surface area contributed by atoms with E-state index in [0.29, 0.717) is 12.1 Å². The van der Waals surface area contributed by atoms with Crippen LogP contribution in [0.25, 0.3) is 0 Å². The van der Waals surface area contributed by atoms with Crippen molar-refractivity contribution in [3.63, 3.8) is 0 Å². The van der Waals surface area contributed by atoms with Gasteiger partial charge in [0.25, 0.3) is 5.91 Å². The molecule has 150 valence electrons. The fraction of sp³-hybridized carbons (Fsp3) is 0.250. The monoisotopic (exact) mass is 389 g/mol. The first kappa shape index (κ1) is 20.4. The molecule has 0 aliphatic carbocycles. The number of aryl methyl sites for hydroxylation is 1. The molecular formula is C24H27N3O2. The summed E-state index contributed by atoms with van der Waals surface area (Å²) in [6.07, 6.45) is 6.30. The van der Waals surface area contributed by atoms with E-state index >= 15 is 0 Å². The molecule has 1 amide bonds. The van der Waals surface area contributed by atoms with Crippen LogP contribution in [0.5, 0.6) is 11.5 Å². The Kier molecular flexibility index (Phi) is 7.22. The lowest BCUT2D eigenvalue weighted by molar-refractivity contribution is 0.0951. The Morgan fingerprint density at radius 2 is 1.83 bits per heavy atom. The predicted octanol–water partition coefficient (Wildman–Crippen LogP) is 5.12. The summed E-state index contributed by atoms with van der Waals surface area (Å²) in [6, 6.07) is 19.3. The van der Waals surface area contributed by atoms with Crippen molar-refractivity contribution in [2.45, 2.75) is 39.2 Å². The number of ether oxygens (including phenoxy) is 1. The third kappa shape index (κ3) is 6.07. The number of aromatic nitrogens is 1. The second-order valence-electron chi connectivity index (χ2n) is 6.97. The third-order valence-electron chi connectivity index (χ3n) is 4.66. The van der Waals surface area contributed by atoms with Crippen molar-refractivity contribution in [2.75, 3.05) is 5.73 Å². The van der Waals surface area contributed by atoms with Gasteiger partial charge in [-0.2, -0.15) is 0 Å². The largest absolute Gasteiger partial charge is 0.457 e. The maximum absolute atomic E-state index is 12.2. The number of benzene rings is 2.